The number of rotatable bonds is 2. The summed E-state index contributed by atoms with van der Waals surface area (Å²) in [5.74, 6) is 0. The van der Waals surface area contributed by atoms with Gasteiger partial charge in [0.1, 0.15) is 0 Å². The molecular formula is C20H16N4. The van der Waals surface area contributed by atoms with Crippen molar-refractivity contribution in [2.24, 2.45) is 7.05 Å². The van der Waals surface area contributed by atoms with Crippen molar-refractivity contribution in [1.82, 2.24) is 14.8 Å². The van der Waals surface area contributed by atoms with Gasteiger partial charge < -0.3 is 4.98 Å². The molecule has 0 fully saturated rings. The maximum Gasteiger partial charge on any atom is 0.0994 e. The fraction of sp³-hybridized carbons (Fsp3) is 0.100. The van der Waals surface area contributed by atoms with Gasteiger partial charge in [-0.15, -0.1) is 0 Å². The normalized spacial score (nSPS) is 10.9. The van der Waals surface area contributed by atoms with E-state index >= 15 is 0 Å². The predicted octanol–water partition coefficient (Wildman–Crippen LogP) is 4.42. The van der Waals surface area contributed by atoms with Crippen molar-refractivity contribution in [3.05, 3.63) is 65.9 Å². The summed E-state index contributed by atoms with van der Waals surface area (Å²) in [5, 5.41) is 14.5. The number of nitriles is 1. The lowest BCUT2D eigenvalue weighted by Gasteiger charge is -2.04. The Morgan fingerprint density at radius 2 is 1.83 bits per heavy atom. The predicted molar refractivity (Wildman–Crippen MR) is 95.4 cm³/mol. The third kappa shape index (κ3) is 2.27. The Balaban J connectivity index is 1.80. The molecule has 24 heavy (non-hydrogen) atoms. The molecule has 4 heteroatoms. The lowest BCUT2D eigenvalue weighted by Crippen LogP contribution is -1.92. The van der Waals surface area contributed by atoms with Crippen LogP contribution in [-0.2, 0) is 7.05 Å². The van der Waals surface area contributed by atoms with Crippen LogP contribution in [0.1, 0.15) is 11.1 Å². The molecule has 0 aliphatic carbocycles. The van der Waals surface area contributed by atoms with Gasteiger partial charge in [-0.25, -0.2) is 0 Å². The molecule has 0 saturated heterocycles. The second kappa shape index (κ2) is 5.39. The van der Waals surface area contributed by atoms with Crippen molar-refractivity contribution in [2.45, 2.75) is 6.92 Å². The van der Waals surface area contributed by atoms with E-state index < -0.39 is 0 Å². The number of aryl methyl sites for hydroxylation is 2. The molecule has 0 atom stereocenters. The Bertz CT molecular complexity index is 1090. The highest BCUT2D eigenvalue weighted by atomic mass is 15.3. The minimum Gasteiger partial charge on any atom is -0.353 e. The number of nitrogens with one attached hydrogen (secondary N) is 1. The largest absolute Gasteiger partial charge is 0.353 e. The van der Waals surface area contributed by atoms with Crippen LogP contribution in [0.15, 0.2) is 54.7 Å². The fourth-order valence-electron chi connectivity index (χ4n) is 3.06. The molecule has 2 aromatic carbocycles. The van der Waals surface area contributed by atoms with E-state index in [1.807, 2.05) is 36.9 Å². The van der Waals surface area contributed by atoms with Gasteiger partial charge in [-0.1, -0.05) is 18.2 Å². The van der Waals surface area contributed by atoms with Crippen molar-refractivity contribution < 1.29 is 0 Å². The molecule has 0 aliphatic heterocycles. The molecule has 4 nitrogen and oxygen atoms in total. The lowest BCUT2D eigenvalue weighted by atomic mass is 9.99. The summed E-state index contributed by atoms with van der Waals surface area (Å²) in [5.41, 5.74) is 7.20. The molecule has 0 unspecified atom stereocenters. The molecular weight excluding hydrogens is 296 g/mol. The number of fused-ring (bicyclic) bond motifs is 1. The molecule has 2 aromatic heterocycles. The third-order valence-electron chi connectivity index (χ3n) is 4.40. The number of nitrogens with zero attached hydrogens (tertiary/aromatic N) is 3. The van der Waals surface area contributed by atoms with E-state index in [1.165, 1.54) is 0 Å². The van der Waals surface area contributed by atoms with Gasteiger partial charge in [0.15, 0.2) is 0 Å². The lowest BCUT2D eigenvalue weighted by molar-refractivity contribution is 0.774. The zero-order valence-electron chi connectivity index (χ0n) is 13.5. The Morgan fingerprint density at radius 1 is 1.04 bits per heavy atom. The first-order chi connectivity index (χ1) is 11.7. The summed E-state index contributed by atoms with van der Waals surface area (Å²) < 4.78 is 1.86. The Hall–Kier alpha value is -3.32. The molecule has 2 heterocycles. The first kappa shape index (κ1) is 14.3. The van der Waals surface area contributed by atoms with Crippen LogP contribution in [0, 0.1) is 18.3 Å². The van der Waals surface area contributed by atoms with Gasteiger partial charge in [0.05, 0.1) is 23.0 Å². The van der Waals surface area contributed by atoms with Gasteiger partial charge in [-0.05, 0) is 53.9 Å². The Kier molecular flexibility index (Phi) is 3.21. The molecule has 0 aliphatic rings. The van der Waals surface area contributed by atoms with Crippen LogP contribution in [0.2, 0.25) is 0 Å². The third-order valence-corrected chi connectivity index (χ3v) is 4.40. The molecule has 0 spiro atoms. The van der Waals surface area contributed by atoms with Crippen molar-refractivity contribution in [3.63, 3.8) is 0 Å². The standard InChI is InChI=1S/C20H16N4/c1-13-9-14(3-4-16(13)12-21)15-5-6-18-17(10-15)11-19(23-18)20-7-8-22-24(20)2/h3-11,23H,1-2H3. The minimum atomic E-state index is 0.722. The molecule has 0 saturated carbocycles. The Morgan fingerprint density at radius 3 is 2.54 bits per heavy atom. The van der Waals surface area contributed by atoms with Gasteiger partial charge in [0.2, 0.25) is 0 Å². The van der Waals surface area contributed by atoms with Crippen molar-refractivity contribution >= 4 is 10.9 Å². The maximum absolute atomic E-state index is 9.08. The van der Waals surface area contributed by atoms with Crippen LogP contribution in [-0.4, -0.2) is 14.8 Å². The highest BCUT2D eigenvalue weighted by Gasteiger charge is 2.08. The molecule has 4 aromatic rings. The van der Waals surface area contributed by atoms with Crippen molar-refractivity contribution in [1.29, 1.82) is 5.26 Å². The highest BCUT2D eigenvalue weighted by Crippen LogP contribution is 2.29. The highest BCUT2D eigenvalue weighted by molar-refractivity contribution is 5.89. The summed E-state index contributed by atoms with van der Waals surface area (Å²) in [6, 6.07) is 18.7. The van der Waals surface area contributed by atoms with Gasteiger partial charge in [-0.2, -0.15) is 10.4 Å². The minimum absolute atomic E-state index is 0.722. The van der Waals surface area contributed by atoms with Crippen molar-refractivity contribution in [3.8, 4) is 28.6 Å². The zero-order valence-corrected chi connectivity index (χ0v) is 13.5. The fourth-order valence-corrected chi connectivity index (χ4v) is 3.06. The van der Waals surface area contributed by atoms with E-state index in [1.54, 1.807) is 6.20 Å². The Labute approximate surface area is 140 Å². The smallest absolute Gasteiger partial charge is 0.0994 e. The first-order valence-electron chi connectivity index (χ1n) is 7.78. The molecule has 116 valence electrons. The quantitative estimate of drug-likeness (QED) is 0.596. The second-order valence-electron chi connectivity index (χ2n) is 5.97. The van der Waals surface area contributed by atoms with Crippen molar-refractivity contribution in [2.75, 3.05) is 0 Å². The second-order valence-corrected chi connectivity index (χ2v) is 5.97. The molecule has 0 bridgehead atoms. The number of aromatic nitrogens is 3. The number of aromatic amines is 1. The molecule has 1 N–H and O–H groups in total. The summed E-state index contributed by atoms with van der Waals surface area (Å²) in [7, 11) is 1.94. The topological polar surface area (TPSA) is 57.4 Å². The van der Waals surface area contributed by atoms with Crippen LogP contribution < -0.4 is 0 Å². The van der Waals surface area contributed by atoms with Gasteiger partial charge in [0, 0.05) is 24.1 Å². The molecule has 4 rings (SSSR count). The average Bonchev–Trinajstić information content (AvgIpc) is 3.19. The number of H-pyrrole nitrogens is 1. The van der Waals surface area contributed by atoms with Crippen LogP contribution in [0.5, 0.6) is 0 Å². The van der Waals surface area contributed by atoms with Crippen LogP contribution in [0.4, 0.5) is 0 Å². The molecule has 0 radical (unpaired) electrons. The van der Waals surface area contributed by atoms with E-state index in [0.717, 1.165) is 44.5 Å². The molecule has 0 amide bonds. The van der Waals surface area contributed by atoms with Gasteiger partial charge >= 0.3 is 0 Å². The van der Waals surface area contributed by atoms with E-state index in [9.17, 15) is 0 Å². The van der Waals surface area contributed by atoms with Gasteiger partial charge in [-0.3, -0.25) is 4.68 Å². The average molecular weight is 312 g/mol. The van der Waals surface area contributed by atoms with E-state index in [-0.39, 0.29) is 0 Å². The maximum atomic E-state index is 9.08. The summed E-state index contributed by atoms with van der Waals surface area (Å²) >= 11 is 0. The zero-order chi connectivity index (χ0) is 16.7. The SMILES string of the molecule is Cc1cc(-c2ccc3[nH]c(-c4ccnn4C)cc3c2)ccc1C#N. The van der Waals surface area contributed by atoms with Gasteiger partial charge in [0.25, 0.3) is 0 Å². The van der Waals surface area contributed by atoms with Crippen LogP contribution in [0.3, 0.4) is 0 Å². The van der Waals surface area contributed by atoms with Crippen LogP contribution in [0.25, 0.3) is 33.4 Å². The monoisotopic (exact) mass is 312 g/mol. The summed E-state index contributed by atoms with van der Waals surface area (Å²) in [4.78, 5) is 3.44. The summed E-state index contributed by atoms with van der Waals surface area (Å²) in [6.45, 7) is 1.97. The van der Waals surface area contributed by atoms with E-state index in [2.05, 4.69) is 46.5 Å². The van der Waals surface area contributed by atoms with E-state index in [4.69, 9.17) is 5.26 Å². The first-order valence-corrected chi connectivity index (χ1v) is 7.78. The number of hydrogen-bond acceptors (Lipinski definition) is 2. The number of benzene rings is 2. The van der Waals surface area contributed by atoms with E-state index in [0.29, 0.717) is 0 Å². The van der Waals surface area contributed by atoms with Crippen LogP contribution >= 0.6 is 0 Å². The summed E-state index contributed by atoms with van der Waals surface area (Å²) in [6.07, 6.45) is 1.80. The number of hydrogen-bond donors (Lipinski definition) is 1.